The summed E-state index contributed by atoms with van der Waals surface area (Å²) < 4.78 is 20.8. The van der Waals surface area contributed by atoms with Gasteiger partial charge in [-0.2, -0.15) is 0 Å². The van der Waals surface area contributed by atoms with Crippen LogP contribution in [0, 0.1) is 12.7 Å². The lowest BCUT2D eigenvalue weighted by Crippen LogP contribution is -2.30. The summed E-state index contributed by atoms with van der Waals surface area (Å²) in [7, 11) is 1.48. The molecule has 2 atom stereocenters. The van der Waals surface area contributed by atoms with Crippen LogP contribution in [0.4, 0.5) is 15.8 Å². The van der Waals surface area contributed by atoms with E-state index >= 15 is 0 Å². The summed E-state index contributed by atoms with van der Waals surface area (Å²) in [5.41, 5.74) is 4.86. The van der Waals surface area contributed by atoms with E-state index in [4.69, 9.17) is 28.6 Å². The molecule has 0 bridgehead atoms. The molecule has 0 radical (unpaired) electrons. The van der Waals surface area contributed by atoms with Crippen molar-refractivity contribution in [3.05, 3.63) is 107 Å². The van der Waals surface area contributed by atoms with Crippen molar-refractivity contribution in [2.24, 2.45) is 0 Å². The van der Waals surface area contributed by atoms with E-state index < -0.39 is 5.82 Å². The van der Waals surface area contributed by atoms with Gasteiger partial charge in [-0.3, -0.25) is 9.78 Å². The number of nitrogens with one attached hydrogen (secondary N) is 2. The van der Waals surface area contributed by atoms with E-state index in [1.54, 1.807) is 18.3 Å². The SMILES string of the molecule is COCC(=O)Nc1ccc(N2C(=S)N[C@H](c3ccccn3)[C@H]2c2cccn2-c2ccc(F)c(Cl)c2)cc1C. The highest BCUT2D eigenvalue weighted by molar-refractivity contribution is 7.80. The molecule has 1 aliphatic heterocycles. The average molecular weight is 550 g/mol. The Kier molecular flexibility index (Phi) is 7.42. The number of methoxy groups -OCH3 is 1. The molecule has 1 amide bonds. The molecule has 1 fully saturated rings. The molecule has 38 heavy (non-hydrogen) atoms. The number of carbonyl (C=O) groups excluding carboxylic acids is 1. The number of ether oxygens (including phenoxy) is 1. The molecule has 1 saturated heterocycles. The van der Waals surface area contributed by atoms with Gasteiger partial charge in [0.05, 0.1) is 16.8 Å². The topological polar surface area (TPSA) is 71.4 Å². The minimum absolute atomic E-state index is 0.0282. The lowest BCUT2D eigenvalue weighted by molar-refractivity contribution is -0.119. The molecule has 3 heterocycles. The Bertz CT molecular complexity index is 1500. The van der Waals surface area contributed by atoms with Crippen molar-refractivity contribution in [2.45, 2.75) is 19.0 Å². The van der Waals surface area contributed by atoms with Crippen LogP contribution in [-0.2, 0) is 9.53 Å². The van der Waals surface area contributed by atoms with Crippen molar-refractivity contribution in [1.29, 1.82) is 0 Å². The first-order valence-electron chi connectivity index (χ1n) is 11.9. The predicted octanol–water partition coefficient (Wildman–Crippen LogP) is 5.74. The quantitative estimate of drug-likeness (QED) is 0.287. The van der Waals surface area contributed by atoms with E-state index in [0.717, 1.165) is 28.3 Å². The summed E-state index contributed by atoms with van der Waals surface area (Å²) in [6.07, 6.45) is 3.66. The Labute approximate surface area is 230 Å². The zero-order valence-electron chi connectivity index (χ0n) is 20.7. The van der Waals surface area contributed by atoms with Crippen molar-refractivity contribution >= 4 is 46.2 Å². The zero-order chi connectivity index (χ0) is 26.8. The highest BCUT2D eigenvalue weighted by atomic mass is 35.5. The number of amides is 1. The number of rotatable bonds is 7. The average Bonchev–Trinajstić information content (AvgIpc) is 3.52. The van der Waals surface area contributed by atoms with E-state index in [1.807, 2.05) is 71.1 Å². The molecule has 2 N–H and O–H groups in total. The number of halogens is 2. The van der Waals surface area contributed by atoms with Crippen molar-refractivity contribution in [3.63, 3.8) is 0 Å². The van der Waals surface area contributed by atoms with Crippen LogP contribution in [0.5, 0.6) is 0 Å². The number of aryl methyl sites for hydroxylation is 1. The first-order valence-corrected chi connectivity index (χ1v) is 12.7. The molecule has 0 aliphatic carbocycles. The van der Waals surface area contributed by atoms with Gasteiger partial charge in [-0.25, -0.2) is 4.39 Å². The number of carbonyl (C=O) groups is 1. The molecule has 10 heteroatoms. The van der Waals surface area contributed by atoms with Crippen LogP contribution in [0.3, 0.4) is 0 Å². The van der Waals surface area contributed by atoms with Crippen molar-refractivity contribution in [2.75, 3.05) is 23.9 Å². The number of hydrogen-bond acceptors (Lipinski definition) is 4. The molecule has 2 aromatic carbocycles. The Hall–Kier alpha value is -3.79. The highest BCUT2D eigenvalue weighted by Gasteiger charge is 2.42. The Balaban J connectivity index is 1.59. The molecule has 5 rings (SSSR count). The summed E-state index contributed by atoms with van der Waals surface area (Å²) in [6, 6.07) is 19.5. The maximum atomic E-state index is 13.9. The van der Waals surface area contributed by atoms with Gasteiger partial charge in [0.25, 0.3) is 0 Å². The van der Waals surface area contributed by atoms with E-state index in [2.05, 4.69) is 15.6 Å². The molecule has 0 unspecified atom stereocenters. The van der Waals surface area contributed by atoms with Gasteiger partial charge in [-0.15, -0.1) is 0 Å². The van der Waals surface area contributed by atoms with Crippen LogP contribution < -0.4 is 15.5 Å². The molecule has 194 valence electrons. The van der Waals surface area contributed by atoms with Gasteiger partial charge in [-0.05, 0) is 85.4 Å². The third-order valence-corrected chi connectivity index (χ3v) is 7.00. The molecule has 0 spiro atoms. The van der Waals surface area contributed by atoms with Gasteiger partial charge in [0.15, 0.2) is 5.11 Å². The van der Waals surface area contributed by atoms with E-state index in [0.29, 0.717) is 10.8 Å². The monoisotopic (exact) mass is 549 g/mol. The second kappa shape index (κ2) is 10.9. The number of thiocarbonyl (C=S) groups is 1. The van der Waals surface area contributed by atoms with Gasteiger partial charge in [0.2, 0.25) is 5.91 Å². The van der Waals surface area contributed by atoms with Gasteiger partial charge < -0.3 is 24.8 Å². The third-order valence-electron chi connectivity index (χ3n) is 6.40. The first-order chi connectivity index (χ1) is 18.4. The first kappa shape index (κ1) is 25.8. The Morgan fingerprint density at radius 2 is 1.97 bits per heavy atom. The second-order valence-electron chi connectivity index (χ2n) is 8.88. The Morgan fingerprint density at radius 3 is 2.68 bits per heavy atom. The van der Waals surface area contributed by atoms with Crippen LogP contribution in [0.1, 0.15) is 29.0 Å². The number of pyridine rings is 1. The van der Waals surface area contributed by atoms with E-state index in [1.165, 1.54) is 13.2 Å². The predicted molar refractivity (Wildman–Crippen MR) is 150 cm³/mol. The second-order valence-corrected chi connectivity index (χ2v) is 9.67. The summed E-state index contributed by atoms with van der Waals surface area (Å²) in [6.45, 7) is 1.90. The highest BCUT2D eigenvalue weighted by Crippen LogP contribution is 2.43. The number of aromatic nitrogens is 2. The smallest absolute Gasteiger partial charge is 0.250 e. The fraction of sp³-hybridized carbons (Fsp3) is 0.179. The molecule has 4 aromatic rings. The number of anilines is 2. The van der Waals surface area contributed by atoms with Gasteiger partial charge >= 0.3 is 0 Å². The fourth-order valence-electron chi connectivity index (χ4n) is 4.69. The summed E-state index contributed by atoms with van der Waals surface area (Å²) in [5.74, 6) is -0.709. The van der Waals surface area contributed by atoms with Crippen LogP contribution in [0.25, 0.3) is 5.69 Å². The number of hydrogen-bond donors (Lipinski definition) is 2. The van der Waals surface area contributed by atoms with Crippen LogP contribution in [-0.4, -0.2) is 34.3 Å². The summed E-state index contributed by atoms with van der Waals surface area (Å²) >= 11 is 12.0. The van der Waals surface area contributed by atoms with Gasteiger partial charge in [-0.1, -0.05) is 17.7 Å². The minimum Gasteiger partial charge on any atom is -0.375 e. The van der Waals surface area contributed by atoms with E-state index in [-0.39, 0.29) is 29.6 Å². The maximum Gasteiger partial charge on any atom is 0.250 e. The van der Waals surface area contributed by atoms with Gasteiger partial charge in [0, 0.05) is 42.3 Å². The lowest BCUT2D eigenvalue weighted by atomic mass is 10.00. The van der Waals surface area contributed by atoms with Crippen LogP contribution in [0.15, 0.2) is 79.1 Å². The van der Waals surface area contributed by atoms with E-state index in [9.17, 15) is 9.18 Å². The van der Waals surface area contributed by atoms with Crippen LogP contribution >= 0.6 is 23.8 Å². The fourth-order valence-corrected chi connectivity index (χ4v) is 5.21. The normalized spacial score (nSPS) is 16.9. The minimum atomic E-state index is -0.478. The number of benzene rings is 2. The largest absolute Gasteiger partial charge is 0.375 e. The van der Waals surface area contributed by atoms with Crippen molar-refractivity contribution in [1.82, 2.24) is 14.9 Å². The lowest BCUT2D eigenvalue weighted by Gasteiger charge is -2.29. The van der Waals surface area contributed by atoms with Crippen LogP contribution in [0.2, 0.25) is 5.02 Å². The zero-order valence-corrected chi connectivity index (χ0v) is 22.3. The van der Waals surface area contributed by atoms with Gasteiger partial charge in [0.1, 0.15) is 18.5 Å². The molecule has 1 aliphatic rings. The molecule has 7 nitrogen and oxygen atoms in total. The Morgan fingerprint density at radius 1 is 1.16 bits per heavy atom. The van der Waals surface area contributed by atoms with Crippen molar-refractivity contribution < 1.29 is 13.9 Å². The summed E-state index contributed by atoms with van der Waals surface area (Å²) in [5, 5.41) is 6.89. The molecule has 2 aromatic heterocycles. The standard InChI is InChI=1S/C28H25ClFN5O2S/c1-17-14-19(9-11-22(17)32-25(36)16-37-2)35-27(26(33-28(35)38)23-6-3-4-12-31-23)24-7-5-13-34(24)18-8-10-21(30)20(29)15-18/h3-15,26-27H,16H2,1-2H3,(H,32,36)(H,33,38)/t26-,27-/m1/s1. The molecular formula is C28H25ClFN5O2S. The number of nitrogens with zero attached hydrogens (tertiary/aromatic N) is 3. The maximum absolute atomic E-state index is 13.9. The molecular weight excluding hydrogens is 525 g/mol. The molecule has 0 saturated carbocycles. The van der Waals surface area contributed by atoms with Crippen molar-refractivity contribution in [3.8, 4) is 5.69 Å². The third kappa shape index (κ3) is 5.00. The summed E-state index contributed by atoms with van der Waals surface area (Å²) in [4.78, 5) is 18.7.